The minimum atomic E-state index is 1.07. The third-order valence-corrected chi connectivity index (χ3v) is 11.9. The van der Waals surface area contributed by atoms with Crippen LogP contribution in [0.5, 0.6) is 0 Å². The molecule has 10 rings (SSSR count). The van der Waals surface area contributed by atoms with Crippen LogP contribution in [0.3, 0.4) is 0 Å². The second kappa shape index (κ2) is 12.4. The van der Waals surface area contributed by atoms with E-state index in [2.05, 4.69) is 187 Å². The summed E-state index contributed by atoms with van der Waals surface area (Å²) in [6, 6.07) is 65.6. The zero-order valence-corrected chi connectivity index (χ0v) is 29.2. The average Bonchev–Trinajstić information content (AvgIpc) is 3.81. The molecule has 0 spiro atoms. The van der Waals surface area contributed by atoms with E-state index in [-0.39, 0.29) is 0 Å². The van der Waals surface area contributed by atoms with Gasteiger partial charge in [0.25, 0.3) is 0 Å². The largest absolute Gasteiger partial charge is 0.310 e. The quantitative estimate of drug-likeness (QED) is 0.173. The molecule has 2 aromatic heterocycles. The Labute approximate surface area is 304 Å². The van der Waals surface area contributed by atoms with Gasteiger partial charge in [-0.15, -0.1) is 22.7 Å². The first-order chi connectivity index (χ1) is 25.2. The predicted molar refractivity (Wildman–Crippen MR) is 221 cm³/mol. The van der Waals surface area contributed by atoms with E-state index < -0.39 is 0 Å². The van der Waals surface area contributed by atoms with Crippen molar-refractivity contribution in [2.45, 2.75) is 0 Å². The van der Waals surface area contributed by atoms with E-state index in [1.54, 1.807) is 11.3 Å². The second-order valence-corrected chi connectivity index (χ2v) is 14.9. The Morgan fingerprint density at radius 2 is 1.04 bits per heavy atom. The Balaban J connectivity index is 1.04. The highest BCUT2D eigenvalue weighted by Gasteiger charge is 2.17. The van der Waals surface area contributed by atoms with E-state index in [0.29, 0.717) is 0 Å². The first-order valence-electron chi connectivity index (χ1n) is 17.1. The lowest BCUT2D eigenvalue weighted by Gasteiger charge is -2.26. The van der Waals surface area contributed by atoms with Crippen molar-refractivity contribution in [3.05, 3.63) is 182 Å². The molecule has 0 atom stereocenters. The first-order valence-corrected chi connectivity index (χ1v) is 18.7. The Morgan fingerprint density at radius 3 is 1.86 bits per heavy atom. The summed E-state index contributed by atoms with van der Waals surface area (Å²) in [6.45, 7) is 0. The van der Waals surface area contributed by atoms with E-state index in [0.717, 1.165) is 27.6 Å². The van der Waals surface area contributed by atoms with Crippen molar-refractivity contribution in [1.82, 2.24) is 4.98 Å². The van der Waals surface area contributed by atoms with Gasteiger partial charge in [-0.05, 0) is 87.6 Å². The molecule has 0 saturated heterocycles. The molecule has 0 saturated carbocycles. The molecule has 240 valence electrons. The molecular formula is C47H30N2S2. The first kappa shape index (κ1) is 29.8. The highest BCUT2D eigenvalue weighted by molar-refractivity contribution is 7.28. The van der Waals surface area contributed by atoms with Gasteiger partial charge in [0.15, 0.2) is 0 Å². The molecule has 0 bridgehead atoms. The van der Waals surface area contributed by atoms with Crippen molar-refractivity contribution >= 4 is 80.9 Å². The van der Waals surface area contributed by atoms with Gasteiger partial charge in [-0.3, -0.25) is 0 Å². The molecule has 0 unspecified atom stereocenters. The van der Waals surface area contributed by atoms with E-state index in [1.165, 1.54) is 63.5 Å². The number of hydrogen-bond acceptors (Lipinski definition) is 4. The summed E-state index contributed by atoms with van der Waals surface area (Å²) in [6.07, 6.45) is 0. The topological polar surface area (TPSA) is 16.1 Å². The summed E-state index contributed by atoms with van der Waals surface area (Å²) in [5.41, 5.74) is 10.4. The van der Waals surface area contributed by atoms with Gasteiger partial charge in [-0.25, -0.2) is 4.98 Å². The molecule has 51 heavy (non-hydrogen) atoms. The summed E-state index contributed by atoms with van der Waals surface area (Å²) >= 11 is 3.66. The van der Waals surface area contributed by atoms with E-state index in [4.69, 9.17) is 4.98 Å². The SMILES string of the molecule is c1ccc(-c2cccc(N(c3ccc(-c4ccc5c(c4)sc4ccc6nc(-c7ccccc7)sc6c45)cc3)c3ccc4ccccc4c3)c2)cc1. The number of hydrogen-bond donors (Lipinski definition) is 0. The minimum absolute atomic E-state index is 1.07. The summed E-state index contributed by atoms with van der Waals surface area (Å²) in [5, 5.41) is 6.14. The van der Waals surface area contributed by atoms with Crippen LogP contribution in [0.15, 0.2) is 182 Å². The van der Waals surface area contributed by atoms with E-state index >= 15 is 0 Å². The number of anilines is 3. The van der Waals surface area contributed by atoms with Crippen LogP contribution in [0.4, 0.5) is 17.1 Å². The molecular weight excluding hydrogens is 657 g/mol. The van der Waals surface area contributed by atoms with Gasteiger partial charge in [0.05, 0.1) is 10.2 Å². The molecule has 0 aliphatic rings. The van der Waals surface area contributed by atoms with E-state index in [1.807, 2.05) is 11.3 Å². The number of fused-ring (bicyclic) bond motifs is 6. The van der Waals surface area contributed by atoms with Gasteiger partial charge in [0, 0.05) is 42.8 Å². The molecule has 0 fully saturated rings. The van der Waals surface area contributed by atoms with Crippen LogP contribution in [0.2, 0.25) is 0 Å². The fourth-order valence-electron chi connectivity index (χ4n) is 7.15. The Bertz CT molecular complexity index is 2850. The van der Waals surface area contributed by atoms with Crippen LogP contribution in [-0.2, 0) is 0 Å². The van der Waals surface area contributed by atoms with Crippen molar-refractivity contribution in [3.8, 4) is 32.8 Å². The minimum Gasteiger partial charge on any atom is -0.310 e. The van der Waals surface area contributed by atoms with Crippen LogP contribution < -0.4 is 4.90 Å². The summed E-state index contributed by atoms with van der Waals surface area (Å²) in [7, 11) is 0. The zero-order valence-electron chi connectivity index (χ0n) is 27.5. The van der Waals surface area contributed by atoms with Crippen molar-refractivity contribution in [2.75, 3.05) is 4.90 Å². The van der Waals surface area contributed by atoms with Crippen LogP contribution >= 0.6 is 22.7 Å². The van der Waals surface area contributed by atoms with Crippen LogP contribution in [0.25, 0.3) is 74.0 Å². The fraction of sp³-hybridized carbons (Fsp3) is 0. The normalized spacial score (nSPS) is 11.5. The fourth-order valence-corrected chi connectivity index (χ4v) is 9.50. The van der Waals surface area contributed by atoms with Gasteiger partial charge in [0.1, 0.15) is 5.01 Å². The van der Waals surface area contributed by atoms with Crippen molar-refractivity contribution in [1.29, 1.82) is 0 Å². The molecule has 0 aliphatic heterocycles. The molecule has 8 aromatic carbocycles. The molecule has 2 nitrogen and oxygen atoms in total. The van der Waals surface area contributed by atoms with Gasteiger partial charge in [-0.1, -0.05) is 127 Å². The smallest absolute Gasteiger partial charge is 0.124 e. The van der Waals surface area contributed by atoms with Gasteiger partial charge < -0.3 is 4.90 Å². The maximum absolute atomic E-state index is 5.00. The van der Waals surface area contributed by atoms with Crippen LogP contribution in [-0.4, -0.2) is 4.98 Å². The summed E-state index contributed by atoms with van der Waals surface area (Å²) in [4.78, 5) is 7.37. The maximum atomic E-state index is 5.00. The third-order valence-electron chi connectivity index (χ3n) is 9.67. The number of nitrogens with zero attached hydrogens (tertiary/aromatic N) is 2. The Hall–Kier alpha value is -6.07. The molecule has 2 heterocycles. The molecule has 0 N–H and O–H groups in total. The molecule has 10 aromatic rings. The number of benzene rings is 8. The monoisotopic (exact) mass is 686 g/mol. The van der Waals surface area contributed by atoms with Crippen LogP contribution in [0, 0.1) is 0 Å². The summed E-state index contributed by atoms with van der Waals surface area (Å²) < 4.78 is 3.86. The third kappa shape index (κ3) is 5.37. The van der Waals surface area contributed by atoms with Crippen molar-refractivity contribution < 1.29 is 0 Å². The maximum Gasteiger partial charge on any atom is 0.124 e. The lowest BCUT2D eigenvalue weighted by Crippen LogP contribution is -2.10. The number of aromatic nitrogens is 1. The van der Waals surface area contributed by atoms with Crippen molar-refractivity contribution in [2.24, 2.45) is 0 Å². The summed E-state index contributed by atoms with van der Waals surface area (Å²) in [5.74, 6) is 0. The molecule has 0 aliphatic carbocycles. The lowest BCUT2D eigenvalue weighted by molar-refractivity contribution is 1.29. The lowest BCUT2D eigenvalue weighted by atomic mass is 10.0. The molecule has 0 radical (unpaired) electrons. The molecule has 4 heteroatoms. The van der Waals surface area contributed by atoms with Crippen molar-refractivity contribution in [3.63, 3.8) is 0 Å². The highest BCUT2D eigenvalue weighted by atomic mass is 32.1. The number of thiophene rings is 1. The highest BCUT2D eigenvalue weighted by Crippen LogP contribution is 2.44. The van der Waals surface area contributed by atoms with Gasteiger partial charge in [-0.2, -0.15) is 0 Å². The zero-order chi connectivity index (χ0) is 33.7. The number of thiazole rings is 1. The van der Waals surface area contributed by atoms with Gasteiger partial charge in [0.2, 0.25) is 0 Å². The van der Waals surface area contributed by atoms with Crippen LogP contribution in [0.1, 0.15) is 0 Å². The second-order valence-electron chi connectivity index (χ2n) is 12.8. The Morgan fingerprint density at radius 1 is 0.392 bits per heavy atom. The standard InChI is InChI=1S/C47H30N2S2/c1-3-10-31(11-4-1)36-16-9-17-39(28-36)49(40-24-20-32-12-7-8-15-35(32)29-40)38-22-18-33(19-23-38)37-21-25-41-44(30-37)50-43-27-26-42-46(45(41)43)51-47(48-42)34-13-5-2-6-14-34/h1-30H. The average molecular weight is 687 g/mol. The van der Waals surface area contributed by atoms with Gasteiger partial charge >= 0.3 is 0 Å². The van der Waals surface area contributed by atoms with E-state index in [9.17, 15) is 0 Å². The predicted octanol–water partition coefficient (Wildman–Crippen LogP) is 14.3. The number of rotatable bonds is 6. The Kier molecular flexibility index (Phi) is 7.23. The molecule has 0 amide bonds.